The number of nitrogens with one attached hydrogen (secondary N) is 1. The van der Waals surface area contributed by atoms with E-state index >= 15 is 0 Å². The van der Waals surface area contributed by atoms with Crippen LogP contribution in [0.2, 0.25) is 5.02 Å². The maximum absolute atomic E-state index is 13.6. The van der Waals surface area contributed by atoms with Crippen LogP contribution in [0.15, 0.2) is 36.8 Å². The molecule has 34 heavy (non-hydrogen) atoms. The summed E-state index contributed by atoms with van der Waals surface area (Å²) in [4.78, 5) is 26.2. The second-order valence-corrected chi connectivity index (χ2v) is 11.3. The molecule has 0 spiro atoms. The Balaban J connectivity index is 1.46. The molecule has 2 aromatic heterocycles. The summed E-state index contributed by atoms with van der Waals surface area (Å²) >= 11 is 7.86. The van der Waals surface area contributed by atoms with E-state index in [-0.39, 0.29) is 29.9 Å². The van der Waals surface area contributed by atoms with Gasteiger partial charge in [0.05, 0.1) is 22.6 Å². The van der Waals surface area contributed by atoms with Gasteiger partial charge in [-0.25, -0.2) is 9.97 Å². The number of aromatic nitrogens is 2. The number of thiophene rings is 1. The van der Waals surface area contributed by atoms with Crippen molar-refractivity contribution in [3.05, 3.63) is 73.8 Å². The van der Waals surface area contributed by atoms with E-state index in [4.69, 9.17) is 11.6 Å². The number of aliphatic hydroxyl groups excluding tert-OH is 1. The molecule has 1 aliphatic carbocycles. The van der Waals surface area contributed by atoms with Gasteiger partial charge in [-0.3, -0.25) is 9.69 Å². The largest absolute Gasteiger partial charge is 0.393 e. The molecule has 4 atom stereocenters. The van der Waals surface area contributed by atoms with E-state index in [1.807, 2.05) is 19.1 Å². The van der Waals surface area contributed by atoms with Gasteiger partial charge in [-0.05, 0) is 74.0 Å². The van der Waals surface area contributed by atoms with Crippen molar-refractivity contribution >= 4 is 34.5 Å². The number of nitrogens with zero attached hydrogens (tertiary/aromatic N) is 3. The first kappa shape index (κ1) is 23.4. The normalized spacial score (nSPS) is 24.7. The third kappa shape index (κ3) is 4.38. The van der Waals surface area contributed by atoms with Crippen LogP contribution in [0.5, 0.6) is 0 Å². The van der Waals surface area contributed by atoms with Crippen molar-refractivity contribution in [2.75, 3.05) is 18.9 Å². The van der Waals surface area contributed by atoms with Gasteiger partial charge >= 0.3 is 0 Å². The molecular formula is C26H29ClN4O2S. The van der Waals surface area contributed by atoms with Crippen LogP contribution in [0.3, 0.4) is 0 Å². The first-order valence-electron chi connectivity index (χ1n) is 11.7. The lowest BCUT2D eigenvalue weighted by Crippen LogP contribution is -2.33. The Bertz CT molecular complexity index is 1220. The fourth-order valence-corrected chi connectivity index (χ4v) is 6.46. The lowest BCUT2D eigenvalue weighted by atomic mass is 9.88. The van der Waals surface area contributed by atoms with Crippen molar-refractivity contribution in [1.82, 2.24) is 14.9 Å². The molecule has 1 aliphatic heterocycles. The number of aliphatic hydroxyl groups is 1. The van der Waals surface area contributed by atoms with Gasteiger partial charge in [-0.15, -0.1) is 11.3 Å². The first-order chi connectivity index (χ1) is 16.3. The maximum atomic E-state index is 13.6. The molecule has 1 aromatic carbocycles. The molecule has 0 bridgehead atoms. The zero-order valence-corrected chi connectivity index (χ0v) is 21.2. The number of fused-ring (bicyclic) bond motifs is 1. The topological polar surface area (TPSA) is 78.3 Å². The number of halogens is 1. The predicted molar refractivity (Wildman–Crippen MR) is 136 cm³/mol. The highest BCUT2D eigenvalue weighted by atomic mass is 35.5. The molecule has 2 N–H and O–H groups in total. The average molecular weight is 497 g/mol. The molecule has 6 nitrogen and oxygen atoms in total. The first-order valence-corrected chi connectivity index (χ1v) is 12.9. The van der Waals surface area contributed by atoms with E-state index in [1.165, 1.54) is 28.8 Å². The Hall–Kier alpha value is -2.32. The van der Waals surface area contributed by atoms with Crippen LogP contribution in [-0.4, -0.2) is 51.5 Å². The van der Waals surface area contributed by atoms with Gasteiger partial charge < -0.3 is 10.4 Å². The van der Waals surface area contributed by atoms with Crippen molar-refractivity contribution in [3.63, 3.8) is 0 Å². The zero-order chi connectivity index (χ0) is 24.0. The summed E-state index contributed by atoms with van der Waals surface area (Å²) in [5.41, 5.74) is 4.12. The van der Waals surface area contributed by atoms with Crippen molar-refractivity contribution in [3.8, 4) is 0 Å². The maximum Gasteiger partial charge on any atom is 0.208 e. The van der Waals surface area contributed by atoms with Gasteiger partial charge in [0.25, 0.3) is 0 Å². The van der Waals surface area contributed by atoms with Gasteiger partial charge in [-0.1, -0.05) is 24.6 Å². The quantitative estimate of drug-likeness (QED) is 0.490. The fourth-order valence-electron chi connectivity index (χ4n) is 5.28. The molecule has 2 aliphatic rings. The van der Waals surface area contributed by atoms with Crippen LogP contribution < -0.4 is 5.32 Å². The van der Waals surface area contributed by atoms with Crippen molar-refractivity contribution < 1.29 is 9.90 Å². The Morgan fingerprint density at radius 2 is 2.09 bits per heavy atom. The van der Waals surface area contributed by atoms with Gasteiger partial charge in [0.2, 0.25) is 5.78 Å². The number of benzene rings is 1. The monoisotopic (exact) mass is 496 g/mol. The van der Waals surface area contributed by atoms with E-state index in [0.717, 1.165) is 34.8 Å². The number of aryl methyl sites for hydroxylation is 1. The average Bonchev–Trinajstić information content (AvgIpc) is 3.34. The van der Waals surface area contributed by atoms with Gasteiger partial charge in [0.1, 0.15) is 12.1 Å². The van der Waals surface area contributed by atoms with E-state index in [2.05, 4.69) is 46.3 Å². The van der Waals surface area contributed by atoms with Gasteiger partial charge in [-0.2, -0.15) is 0 Å². The molecule has 3 heterocycles. The summed E-state index contributed by atoms with van der Waals surface area (Å²) in [6.07, 6.45) is 5.19. The molecule has 3 aromatic rings. The molecular weight excluding hydrogens is 468 g/mol. The van der Waals surface area contributed by atoms with E-state index in [1.54, 1.807) is 6.20 Å². The van der Waals surface area contributed by atoms with Gasteiger partial charge in [0.15, 0.2) is 0 Å². The highest BCUT2D eigenvalue weighted by Crippen LogP contribution is 2.40. The predicted octanol–water partition coefficient (Wildman–Crippen LogP) is 4.88. The van der Waals surface area contributed by atoms with Gasteiger partial charge in [0, 0.05) is 28.7 Å². The lowest BCUT2D eigenvalue weighted by molar-refractivity contribution is 0.104. The minimum Gasteiger partial charge on any atom is -0.393 e. The summed E-state index contributed by atoms with van der Waals surface area (Å²) in [7, 11) is 2.12. The number of carbonyl (C=O) groups excluding carboxylic acids is 1. The number of carbonyl (C=O) groups is 1. The molecule has 1 fully saturated rings. The highest BCUT2D eigenvalue weighted by molar-refractivity contribution is 7.14. The van der Waals surface area contributed by atoms with Crippen LogP contribution in [0.4, 0.5) is 5.82 Å². The van der Waals surface area contributed by atoms with Crippen molar-refractivity contribution in [1.29, 1.82) is 0 Å². The van der Waals surface area contributed by atoms with Crippen molar-refractivity contribution in [2.24, 2.45) is 5.92 Å². The minimum absolute atomic E-state index is 0.0614. The van der Waals surface area contributed by atoms with Crippen LogP contribution >= 0.6 is 22.9 Å². The van der Waals surface area contributed by atoms with Crippen molar-refractivity contribution in [2.45, 2.75) is 51.3 Å². The Morgan fingerprint density at radius 1 is 1.26 bits per heavy atom. The second-order valence-electron chi connectivity index (χ2n) is 9.57. The number of hydrogen-bond acceptors (Lipinski definition) is 7. The second kappa shape index (κ2) is 9.38. The summed E-state index contributed by atoms with van der Waals surface area (Å²) in [6, 6.07) is 8.30. The van der Waals surface area contributed by atoms with E-state index in [0.29, 0.717) is 22.7 Å². The molecule has 0 saturated heterocycles. The fraction of sp³-hybridized carbons (Fsp3) is 0.423. The Kier molecular flexibility index (Phi) is 6.46. The summed E-state index contributed by atoms with van der Waals surface area (Å²) < 4.78 is 0. The standard InChI is InChI=1S/C26H29ClN4O2S/c1-14-8-18(10-22(14)32)30-26-21(12-28-13-29-26)25(33)23-11-19(15(2)34-23)24-20-9-17(27)5-4-16(20)6-7-31(24)3/h4-5,9,11-14,18,22,24,32H,6-8,10H2,1-3H3,(H,28,29,30)/t14-,18-,22-,24-/m1/s1. The molecule has 0 radical (unpaired) electrons. The molecule has 178 valence electrons. The highest BCUT2D eigenvalue weighted by Gasteiger charge is 2.32. The third-order valence-electron chi connectivity index (χ3n) is 7.19. The van der Waals surface area contributed by atoms with Crippen LogP contribution in [0.25, 0.3) is 0 Å². The molecule has 5 rings (SSSR count). The lowest BCUT2D eigenvalue weighted by Gasteiger charge is -2.35. The SMILES string of the molecule is Cc1sc(C(=O)c2cncnc2N[C@@H]2C[C@@H](C)[C@H](O)C2)cc1[C@@H]1c2cc(Cl)ccc2CCN1C. The summed E-state index contributed by atoms with van der Waals surface area (Å²) in [5.74, 6) is 0.675. The smallest absolute Gasteiger partial charge is 0.208 e. The molecule has 0 amide bonds. The number of hydrogen-bond donors (Lipinski definition) is 2. The Labute approximate surface area is 209 Å². The molecule has 0 unspecified atom stereocenters. The van der Waals surface area contributed by atoms with Crippen LogP contribution in [0.1, 0.15) is 62.6 Å². The third-order valence-corrected chi connectivity index (χ3v) is 8.49. The summed E-state index contributed by atoms with van der Waals surface area (Å²) in [6.45, 7) is 5.07. The number of rotatable bonds is 5. The summed E-state index contributed by atoms with van der Waals surface area (Å²) in [5, 5.41) is 14.2. The molecule has 8 heteroatoms. The zero-order valence-electron chi connectivity index (χ0n) is 19.6. The molecule has 1 saturated carbocycles. The van der Waals surface area contributed by atoms with E-state index < -0.39 is 0 Å². The number of anilines is 1. The van der Waals surface area contributed by atoms with E-state index in [9.17, 15) is 9.90 Å². The minimum atomic E-state index is -0.329. The number of likely N-dealkylation sites (N-methyl/N-ethyl adjacent to an activating group) is 1. The van der Waals surface area contributed by atoms with Crippen LogP contribution in [-0.2, 0) is 6.42 Å². The Morgan fingerprint density at radius 3 is 2.85 bits per heavy atom. The number of ketones is 1. The van der Waals surface area contributed by atoms with Crippen LogP contribution in [0, 0.1) is 12.8 Å².